The highest BCUT2D eigenvalue weighted by Crippen LogP contribution is 2.32. The first kappa shape index (κ1) is 19.2. The van der Waals surface area contributed by atoms with E-state index in [0.717, 1.165) is 53.2 Å². The number of halogens is 1. The zero-order chi connectivity index (χ0) is 17.1. The average Bonchev–Trinajstić information content (AvgIpc) is 3.09. The first-order chi connectivity index (χ1) is 12.3. The summed E-state index contributed by atoms with van der Waals surface area (Å²) in [6.45, 7) is 2.99. The lowest BCUT2D eigenvalue weighted by Crippen LogP contribution is -2.23. The van der Waals surface area contributed by atoms with E-state index in [2.05, 4.69) is 26.1 Å². The molecule has 9 heteroatoms. The van der Waals surface area contributed by atoms with Crippen LogP contribution in [0, 0.1) is 0 Å². The summed E-state index contributed by atoms with van der Waals surface area (Å²) >= 11 is 1.80. The molecule has 4 rings (SSSR count). The summed E-state index contributed by atoms with van der Waals surface area (Å²) in [5, 5.41) is 4.21. The first-order valence-corrected chi connectivity index (χ1v) is 9.42. The number of nitrogens with one attached hydrogen (secondary N) is 1. The van der Waals surface area contributed by atoms with Gasteiger partial charge < -0.3 is 25.1 Å². The monoisotopic (exact) mass is 487 g/mol. The van der Waals surface area contributed by atoms with Gasteiger partial charge in [0.05, 0.1) is 18.9 Å². The number of anilines is 1. The number of benzene rings is 1. The Labute approximate surface area is 173 Å². The quantitative estimate of drug-likeness (QED) is 0.392. The molecule has 0 aliphatic carbocycles. The van der Waals surface area contributed by atoms with Crippen molar-refractivity contribution in [2.75, 3.05) is 30.8 Å². The Kier molecular flexibility index (Phi) is 6.52. The van der Waals surface area contributed by atoms with Crippen LogP contribution in [0.2, 0.25) is 0 Å². The van der Waals surface area contributed by atoms with Gasteiger partial charge in [0.15, 0.2) is 22.6 Å². The van der Waals surface area contributed by atoms with Gasteiger partial charge in [0.1, 0.15) is 0 Å². The smallest absolute Gasteiger partial charge is 0.193 e. The maximum Gasteiger partial charge on any atom is 0.193 e. The van der Waals surface area contributed by atoms with Gasteiger partial charge in [0, 0.05) is 49.6 Å². The summed E-state index contributed by atoms with van der Waals surface area (Å²) in [6.07, 6.45) is 3.78. The molecule has 0 radical (unpaired) electrons. The van der Waals surface area contributed by atoms with Crippen molar-refractivity contribution in [1.82, 2.24) is 9.55 Å². The number of nitrogens with zero attached hydrogens (tertiary/aromatic N) is 3. The summed E-state index contributed by atoms with van der Waals surface area (Å²) in [7, 11) is 0. The molecule has 3 N–H and O–H groups in total. The van der Waals surface area contributed by atoms with Gasteiger partial charge in [-0.15, -0.1) is 24.0 Å². The van der Waals surface area contributed by atoms with E-state index in [1.54, 1.807) is 11.8 Å². The number of imidazole rings is 1. The maximum atomic E-state index is 5.99. The normalized spacial score (nSPS) is 15.8. The third-order valence-corrected chi connectivity index (χ3v) is 4.99. The highest BCUT2D eigenvalue weighted by Gasteiger charge is 2.14. The molecule has 0 bridgehead atoms. The topological polar surface area (TPSA) is 86.7 Å². The number of hydrogen-bond acceptors (Lipinski definition) is 5. The van der Waals surface area contributed by atoms with Crippen LogP contribution in [0.4, 0.5) is 5.69 Å². The number of guanidine groups is 1. The Morgan fingerprint density at radius 1 is 1.31 bits per heavy atom. The number of rotatable bonds is 4. The lowest BCUT2D eigenvalue weighted by atomic mass is 10.3. The van der Waals surface area contributed by atoms with E-state index in [1.165, 1.54) is 0 Å². The zero-order valence-corrected chi connectivity index (χ0v) is 17.5. The van der Waals surface area contributed by atoms with Crippen molar-refractivity contribution in [3.8, 4) is 11.5 Å². The number of aromatic nitrogens is 2. The van der Waals surface area contributed by atoms with Crippen molar-refractivity contribution in [3.05, 3.63) is 30.1 Å². The lowest BCUT2D eigenvalue weighted by molar-refractivity contribution is 0.297. The molecule has 26 heavy (non-hydrogen) atoms. The van der Waals surface area contributed by atoms with Gasteiger partial charge in [-0.3, -0.25) is 4.99 Å². The molecule has 0 amide bonds. The van der Waals surface area contributed by atoms with Gasteiger partial charge in [-0.1, -0.05) is 11.8 Å². The van der Waals surface area contributed by atoms with E-state index in [1.807, 2.05) is 18.2 Å². The van der Waals surface area contributed by atoms with Crippen LogP contribution in [0.1, 0.15) is 12.1 Å². The molecule has 1 aromatic heterocycles. The highest BCUT2D eigenvalue weighted by atomic mass is 127. The fourth-order valence-corrected chi connectivity index (χ4v) is 3.76. The molecule has 0 fully saturated rings. The second-order valence-electron chi connectivity index (χ2n) is 5.91. The first-order valence-electron chi connectivity index (χ1n) is 8.43. The zero-order valence-electron chi connectivity index (χ0n) is 14.3. The molecule has 140 valence electrons. The molecule has 3 heterocycles. The van der Waals surface area contributed by atoms with Gasteiger partial charge in [0.2, 0.25) is 0 Å². The van der Waals surface area contributed by atoms with Gasteiger partial charge >= 0.3 is 0 Å². The SMILES string of the molecule is I.NC(=NCCc1cn2c(n1)SCC2)Nc1ccc2c(c1)OCCCO2. The fourth-order valence-electron chi connectivity index (χ4n) is 2.80. The van der Waals surface area contributed by atoms with Crippen LogP contribution in [-0.2, 0) is 13.0 Å². The lowest BCUT2D eigenvalue weighted by Gasteiger charge is -2.10. The molecular formula is C17H22IN5O2S. The van der Waals surface area contributed by atoms with Crippen LogP contribution in [0.15, 0.2) is 34.5 Å². The van der Waals surface area contributed by atoms with Crippen molar-refractivity contribution < 1.29 is 9.47 Å². The van der Waals surface area contributed by atoms with Crippen LogP contribution < -0.4 is 20.5 Å². The third kappa shape index (κ3) is 4.56. The van der Waals surface area contributed by atoms with Gasteiger partial charge in [-0.05, 0) is 12.1 Å². The van der Waals surface area contributed by atoms with E-state index in [-0.39, 0.29) is 24.0 Å². The average molecular weight is 487 g/mol. The van der Waals surface area contributed by atoms with Crippen molar-refractivity contribution >= 4 is 47.4 Å². The van der Waals surface area contributed by atoms with Crippen LogP contribution in [0.3, 0.4) is 0 Å². The fraction of sp³-hybridized carbons (Fsp3) is 0.412. The number of aryl methyl sites for hydroxylation is 1. The predicted molar refractivity (Wildman–Crippen MR) is 114 cm³/mol. The summed E-state index contributed by atoms with van der Waals surface area (Å²) in [6, 6.07) is 5.69. The number of hydrogen-bond donors (Lipinski definition) is 2. The Balaban J connectivity index is 0.00000196. The van der Waals surface area contributed by atoms with Crippen molar-refractivity contribution in [3.63, 3.8) is 0 Å². The third-order valence-electron chi connectivity index (χ3n) is 4.02. The van der Waals surface area contributed by atoms with E-state index < -0.39 is 0 Å². The van der Waals surface area contributed by atoms with Crippen molar-refractivity contribution in [2.24, 2.45) is 10.7 Å². The molecule has 7 nitrogen and oxygen atoms in total. The summed E-state index contributed by atoms with van der Waals surface area (Å²) in [5.41, 5.74) is 7.89. The highest BCUT2D eigenvalue weighted by molar-refractivity contribution is 14.0. The largest absolute Gasteiger partial charge is 0.490 e. The predicted octanol–water partition coefficient (Wildman–Crippen LogP) is 2.74. The Hall–Kier alpha value is -1.62. The Morgan fingerprint density at radius 2 is 2.15 bits per heavy atom. The number of thioether (sulfide) groups is 1. The molecule has 1 aromatic carbocycles. The van der Waals surface area contributed by atoms with E-state index >= 15 is 0 Å². The molecule has 0 saturated heterocycles. The van der Waals surface area contributed by atoms with Gasteiger partial charge in [0.25, 0.3) is 0 Å². The minimum absolute atomic E-state index is 0. The molecular weight excluding hydrogens is 465 g/mol. The summed E-state index contributed by atoms with van der Waals surface area (Å²) in [5.74, 6) is 3.01. The number of fused-ring (bicyclic) bond motifs is 2. The Bertz CT molecular complexity index is 774. The van der Waals surface area contributed by atoms with E-state index in [0.29, 0.717) is 25.7 Å². The van der Waals surface area contributed by atoms with Gasteiger partial charge in [-0.25, -0.2) is 4.98 Å². The number of ether oxygens (including phenoxy) is 2. The maximum absolute atomic E-state index is 5.99. The van der Waals surface area contributed by atoms with Crippen LogP contribution in [0.5, 0.6) is 11.5 Å². The van der Waals surface area contributed by atoms with Gasteiger partial charge in [-0.2, -0.15) is 0 Å². The molecule has 0 saturated carbocycles. The van der Waals surface area contributed by atoms with Crippen molar-refractivity contribution in [1.29, 1.82) is 0 Å². The Morgan fingerprint density at radius 3 is 3.00 bits per heavy atom. The second kappa shape index (κ2) is 8.85. The molecule has 2 aromatic rings. The van der Waals surface area contributed by atoms with Crippen LogP contribution >= 0.6 is 35.7 Å². The van der Waals surface area contributed by atoms with E-state index in [9.17, 15) is 0 Å². The second-order valence-corrected chi connectivity index (χ2v) is 6.97. The van der Waals surface area contributed by atoms with E-state index in [4.69, 9.17) is 15.2 Å². The standard InChI is InChI=1S/C17H21N5O2S.HI/c18-16(19-5-4-13-11-22-6-9-25-17(22)21-13)20-12-2-3-14-15(10-12)24-8-1-7-23-14;/h2-3,10-11H,1,4-9H2,(H3,18,19,20);1H. The molecule has 2 aliphatic rings. The summed E-state index contributed by atoms with van der Waals surface area (Å²) in [4.78, 5) is 8.98. The molecule has 0 spiro atoms. The summed E-state index contributed by atoms with van der Waals surface area (Å²) < 4.78 is 13.5. The number of aliphatic imine (C=N–C) groups is 1. The minimum Gasteiger partial charge on any atom is -0.490 e. The molecule has 0 atom stereocenters. The molecule has 0 unspecified atom stereocenters. The van der Waals surface area contributed by atoms with Crippen molar-refractivity contribution in [2.45, 2.75) is 24.5 Å². The minimum atomic E-state index is 0. The molecule has 2 aliphatic heterocycles. The number of nitrogens with two attached hydrogens (primary N) is 1. The van der Waals surface area contributed by atoms with Crippen LogP contribution in [-0.4, -0.2) is 41.0 Å². The van der Waals surface area contributed by atoms with Crippen LogP contribution in [0.25, 0.3) is 0 Å².